The molecule has 0 spiro atoms. The number of ether oxygens (including phenoxy) is 2. The molecule has 1 aliphatic rings. The second-order valence-corrected chi connectivity index (χ2v) is 11.2. The number of nitrogens with zero attached hydrogens (tertiary/aromatic N) is 2. The topological polar surface area (TPSA) is 105 Å². The van der Waals surface area contributed by atoms with Gasteiger partial charge >= 0.3 is 0 Å². The minimum Gasteiger partial charge on any atom is -0.486 e. The lowest BCUT2D eigenvalue weighted by atomic mass is 10.1. The first-order valence-electron chi connectivity index (χ1n) is 12.6. The number of carbonyl (C=O) groups is 2. The van der Waals surface area contributed by atoms with Crippen molar-refractivity contribution in [1.29, 1.82) is 0 Å². The molecule has 0 aromatic heterocycles. The van der Waals surface area contributed by atoms with Gasteiger partial charge in [-0.3, -0.25) is 13.9 Å². The fourth-order valence-electron chi connectivity index (χ4n) is 4.18. The van der Waals surface area contributed by atoms with Gasteiger partial charge in [-0.1, -0.05) is 36.8 Å². The molecule has 9 nitrogen and oxygen atoms in total. The smallest absolute Gasteiger partial charge is 0.242 e. The van der Waals surface area contributed by atoms with E-state index in [1.54, 1.807) is 30.0 Å². The van der Waals surface area contributed by atoms with Gasteiger partial charge in [0.05, 0.1) is 11.9 Å². The van der Waals surface area contributed by atoms with Crippen molar-refractivity contribution in [1.82, 2.24) is 10.2 Å². The van der Waals surface area contributed by atoms with Gasteiger partial charge in [0, 0.05) is 32.1 Å². The number of benzene rings is 2. The average Bonchev–Trinajstić information content (AvgIpc) is 2.86. The van der Waals surface area contributed by atoms with Crippen LogP contribution in [0.2, 0.25) is 0 Å². The van der Waals surface area contributed by atoms with E-state index in [4.69, 9.17) is 9.47 Å². The van der Waals surface area contributed by atoms with Crippen LogP contribution in [0.25, 0.3) is 0 Å². The number of hydrogen-bond donors (Lipinski definition) is 1. The standard InChI is InChI=1S/C27H37N3O6S/c1-5-13-28-27(32)21(3)29(19-22-9-6-8-20(2)17-22)26(31)10-7-14-30(37(4,33)34)23-11-12-24-25(18-23)36-16-15-35-24/h6,8-9,11-12,17-18,21H,5,7,10,13-16,19H2,1-4H3,(H,28,32)/t21-/m1/s1. The van der Waals surface area contributed by atoms with Crippen LogP contribution in [0.3, 0.4) is 0 Å². The Labute approximate surface area is 219 Å². The van der Waals surface area contributed by atoms with Gasteiger partial charge < -0.3 is 19.7 Å². The fraction of sp³-hybridized carbons (Fsp3) is 0.481. The maximum absolute atomic E-state index is 13.4. The summed E-state index contributed by atoms with van der Waals surface area (Å²) < 4.78 is 37.6. The molecule has 37 heavy (non-hydrogen) atoms. The number of anilines is 1. The number of rotatable bonds is 12. The van der Waals surface area contributed by atoms with Crippen LogP contribution in [0.1, 0.15) is 44.2 Å². The van der Waals surface area contributed by atoms with Gasteiger partial charge in [-0.25, -0.2) is 8.42 Å². The predicted octanol–water partition coefficient (Wildman–Crippen LogP) is 3.26. The summed E-state index contributed by atoms with van der Waals surface area (Å²) in [6, 6.07) is 12.1. The number of sulfonamides is 1. The van der Waals surface area contributed by atoms with Crippen molar-refractivity contribution in [3.05, 3.63) is 53.6 Å². The van der Waals surface area contributed by atoms with Gasteiger partial charge in [-0.2, -0.15) is 0 Å². The third-order valence-electron chi connectivity index (χ3n) is 6.12. The number of nitrogens with one attached hydrogen (secondary N) is 1. The molecule has 1 heterocycles. The second-order valence-electron chi connectivity index (χ2n) is 9.24. The van der Waals surface area contributed by atoms with Gasteiger partial charge in [0.2, 0.25) is 21.8 Å². The zero-order valence-corrected chi connectivity index (χ0v) is 22.8. The molecule has 0 saturated heterocycles. The van der Waals surface area contributed by atoms with Crippen molar-refractivity contribution in [3.63, 3.8) is 0 Å². The molecule has 10 heteroatoms. The number of aryl methyl sites for hydroxylation is 1. The number of carbonyl (C=O) groups excluding carboxylic acids is 2. The highest BCUT2D eigenvalue weighted by molar-refractivity contribution is 7.92. The minimum atomic E-state index is -3.61. The normalized spacial score (nSPS) is 13.5. The Hall–Kier alpha value is -3.27. The molecule has 2 aromatic rings. The van der Waals surface area contributed by atoms with E-state index in [1.165, 1.54) is 4.31 Å². The summed E-state index contributed by atoms with van der Waals surface area (Å²) in [5.41, 5.74) is 2.44. The Morgan fingerprint density at radius 3 is 2.49 bits per heavy atom. The molecule has 3 rings (SSSR count). The highest BCUT2D eigenvalue weighted by Crippen LogP contribution is 2.34. The molecule has 2 amide bonds. The van der Waals surface area contributed by atoms with Crippen LogP contribution < -0.4 is 19.1 Å². The van der Waals surface area contributed by atoms with Gasteiger partial charge in [0.15, 0.2) is 11.5 Å². The molecule has 1 N–H and O–H groups in total. The van der Waals surface area contributed by atoms with Crippen LogP contribution in [-0.4, -0.2) is 63.7 Å². The third kappa shape index (κ3) is 7.85. The summed E-state index contributed by atoms with van der Waals surface area (Å²) in [5.74, 6) is 0.638. The Morgan fingerprint density at radius 2 is 1.81 bits per heavy atom. The van der Waals surface area contributed by atoms with Crippen molar-refractivity contribution < 1.29 is 27.5 Å². The van der Waals surface area contributed by atoms with E-state index in [1.807, 2.05) is 38.1 Å². The van der Waals surface area contributed by atoms with Crippen molar-refractivity contribution >= 4 is 27.5 Å². The molecule has 2 aromatic carbocycles. The SMILES string of the molecule is CCCNC(=O)[C@@H](C)N(Cc1cccc(C)c1)C(=O)CCCN(c1ccc2c(c1)OCCO2)S(C)(=O)=O. The molecule has 0 aliphatic carbocycles. The molecule has 0 radical (unpaired) electrons. The average molecular weight is 532 g/mol. The molecule has 1 aliphatic heterocycles. The highest BCUT2D eigenvalue weighted by Gasteiger charge is 2.27. The first kappa shape index (κ1) is 28.3. The molecular formula is C27H37N3O6S. The van der Waals surface area contributed by atoms with Crippen molar-refractivity contribution in [3.8, 4) is 11.5 Å². The van der Waals surface area contributed by atoms with Crippen molar-refractivity contribution in [2.75, 3.05) is 36.9 Å². The van der Waals surface area contributed by atoms with E-state index in [0.29, 0.717) is 43.5 Å². The first-order valence-corrected chi connectivity index (χ1v) is 14.4. The molecule has 0 saturated carbocycles. The quantitative estimate of drug-likeness (QED) is 0.451. The number of hydrogen-bond acceptors (Lipinski definition) is 6. The predicted molar refractivity (Wildman–Crippen MR) is 143 cm³/mol. The summed E-state index contributed by atoms with van der Waals surface area (Å²) in [6.07, 6.45) is 2.31. The van der Waals surface area contributed by atoms with Gasteiger partial charge in [-0.05, 0) is 44.4 Å². The van der Waals surface area contributed by atoms with Crippen LogP contribution in [0.5, 0.6) is 11.5 Å². The fourth-order valence-corrected chi connectivity index (χ4v) is 5.13. The second kappa shape index (κ2) is 12.8. The summed E-state index contributed by atoms with van der Waals surface area (Å²) >= 11 is 0. The summed E-state index contributed by atoms with van der Waals surface area (Å²) in [6.45, 7) is 7.44. The van der Waals surface area contributed by atoms with Crippen molar-refractivity contribution in [2.24, 2.45) is 0 Å². The molecule has 0 fully saturated rings. The zero-order chi connectivity index (χ0) is 27.0. The maximum Gasteiger partial charge on any atom is 0.242 e. The highest BCUT2D eigenvalue weighted by atomic mass is 32.2. The molecular weight excluding hydrogens is 494 g/mol. The summed E-state index contributed by atoms with van der Waals surface area (Å²) in [5, 5.41) is 2.86. The Morgan fingerprint density at radius 1 is 1.08 bits per heavy atom. The largest absolute Gasteiger partial charge is 0.486 e. The maximum atomic E-state index is 13.4. The van der Waals surface area contributed by atoms with E-state index in [2.05, 4.69) is 5.32 Å². The molecule has 1 atom stereocenters. The summed E-state index contributed by atoms with van der Waals surface area (Å²) in [4.78, 5) is 27.6. The monoisotopic (exact) mass is 531 g/mol. The Bertz CT molecular complexity index is 1200. The van der Waals surface area contributed by atoms with Gasteiger partial charge in [0.1, 0.15) is 19.3 Å². The Kier molecular flexibility index (Phi) is 9.79. The summed E-state index contributed by atoms with van der Waals surface area (Å²) in [7, 11) is -3.61. The van der Waals surface area contributed by atoms with Gasteiger partial charge in [0.25, 0.3) is 0 Å². The molecule has 202 valence electrons. The van der Waals surface area contributed by atoms with Crippen LogP contribution in [0, 0.1) is 6.92 Å². The first-order chi connectivity index (χ1) is 17.6. The third-order valence-corrected chi connectivity index (χ3v) is 7.31. The minimum absolute atomic E-state index is 0.0911. The lowest BCUT2D eigenvalue weighted by molar-refractivity contribution is -0.140. The van der Waals surface area contributed by atoms with E-state index in [-0.39, 0.29) is 31.2 Å². The van der Waals surface area contributed by atoms with Crippen LogP contribution in [0.15, 0.2) is 42.5 Å². The Balaban J connectivity index is 1.73. The van der Waals surface area contributed by atoms with E-state index in [9.17, 15) is 18.0 Å². The molecule has 0 bridgehead atoms. The van der Waals surface area contributed by atoms with Crippen LogP contribution in [-0.2, 0) is 26.2 Å². The number of amides is 2. The van der Waals surface area contributed by atoms with E-state index in [0.717, 1.165) is 23.8 Å². The molecule has 0 unspecified atom stereocenters. The van der Waals surface area contributed by atoms with E-state index >= 15 is 0 Å². The van der Waals surface area contributed by atoms with E-state index < -0.39 is 16.1 Å². The number of fused-ring (bicyclic) bond motifs is 1. The van der Waals surface area contributed by atoms with Crippen molar-refractivity contribution in [2.45, 2.75) is 52.6 Å². The zero-order valence-electron chi connectivity index (χ0n) is 22.0. The van der Waals surface area contributed by atoms with Crippen LogP contribution in [0.4, 0.5) is 5.69 Å². The van der Waals surface area contributed by atoms with Gasteiger partial charge in [-0.15, -0.1) is 0 Å². The van der Waals surface area contributed by atoms with Crippen LogP contribution >= 0.6 is 0 Å². The lowest BCUT2D eigenvalue weighted by Crippen LogP contribution is -2.47. The lowest BCUT2D eigenvalue weighted by Gasteiger charge is -2.29.